The molecule has 0 bridgehead atoms. The second kappa shape index (κ2) is 3.48. The fourth-order valence-electron chi connectivity index (χ4n) is 2.04. The van der Waals surface area contributed by atoms with Crippen molar-refractivity contribution >= 4 is 21.5 Å². The highest BCUT2D eigenvalue weighted by molar-refractivity contribution is 6.07. The molecule has 0 radical (unpaired) electrons. The van der Waals surface area contributed by atoms with E-state index in [1.54, 1.807) is 12.1 Å². The molecule has 3 aromatic rings. The van der Waals surface area contributed by atoms with Gasteiger partial charge in [-0.2, -0.15) is 0 Å². The van der Waals surface area contributed by atoms with Crippen LogP contribution in [0.4, 0.5) is 13.2 Å². The predicted molar refractivity (Wildman–Crippen MR) is 61.3 cm³/mol. The SMILES string of the molecule is Fc1ccc2ccc3c(F)c(F)ccc3c2c1. The third-order valence-electron chi connectivity index (χ3n) is 2.87. The Labute approximate surface area is 95.3 Å². The minimum Gasteiger partial charge on any atom is -0.207 e. The van der Waals surface area contributed by atoms with Gasteiger partial charge in [0.05, 0.1) is 0 Å². The molecule has 84 valence electrons. The summed E-state index contributed by atoms with van der Waals surface area (Å²) in [5, 5.41) is 2.07. The lowest BCUT2D eigenvalue weighted by Crippen LogP contribution is -1.87. The van der Waals surface area contributed by atoms with Gasteiger partial charge in [0.2, 0.25) is 0 Å². The van der Waals surface area contributed by atoms with Crippen molar-refractivity contribution in [2.75, 3.05) is 0 Å². The summed E-state index contributed by atoms with van der Waals surface area (Å²) in [5.74, 6) is -2.18. The van der Waals surface area contributed by atoms with Gasteiger partial charge in [0.15, 0.2) is 11.6 Å². The Hall–Kier alpha value is -2.03. The maximum atomic E-state index is 13.6. The van der Waals surface area contributed by atoms with Crippen LogP contribution in [-0.4, -0.2) is 0 Å². The molecule has 3 heteroatoms. The summed E-state index contributed by atoms with van der Waals surface area (Å²) in [5.41, 5.74) is 0. The quantitative estimate of drug-likeness (QED) is 0.503. The highest BCUT2D eigenvalue weighted by atomic mass is 19.2. The lowest BCUT2D eigenvalue weighted by molar-refractivity contribution is 0.517. The maximum absolute atomic E-state index is 13.6. The second-order valence-corrected chi connectivity index (χ2v) is 3.89. The number of halogens is 3. The van der Waals surface area contributed by atoms with Crippen molar-refractivity contribution in [1.29, 1.82) is 0 Å². The monoisotopic (exact) mass is 232 g/mol. The lowest BCUT2D eigenvalue weighted by Gasteiger charge is -2.05. The highest BCUT2D eigenvalue weighted by Crippen LogP contribution is 2.28. The zero-order valence-electron chi connectivity index (χ0n) is 8.68. The summed E-state index contributed by atoms with van der Waals surface area (Å²) in [7, 11) is 0. The van der Waals surface area contributed by atoms with E-state index in [-0.39, 0.29) is 5.39 Å². The van der Waals surface area contributed by atoms with Crippen LogP contribution in [0.25, 0.3) is 21.5 Å². The van der Waals surface area contributed by atoms with Gasteiger partial charge in [-0.25, -0.2) is 13.2 Å². The Morgan fingerprint density at radius 3 is 2.18 bits per heavy atom. The molecule has 0 fully saturated rings. The molecule has 0 aliphatic carbocycles. The van der Waals surface area contributed by atoms with Gasteiger partial charge in [0.25, 0.3) is 0 Å². The molecule has 0 aromatic heterocycles. The first-order valence-electron chi connectivity index (χ1n) is 5.13. The maximum Gasteiger partial charge on any atom is 0.166 e. The number of hydrogen-bond donors (Lipinski definition) is 0. The van der Waals surface area contributed by atoms with E-state index in [1.165, 1.54) is 24.3 Å². The summed E-state index contributed by atoms with van der Waals surface area (Å²) < 4.78 is 39.8. The zero-order valence-corrected chi connectivity index (χ0v) is 8.68. The molecule has 0 amide bonds. The molecule has 0 saturated carbocycles. The van der Waals surface area contributed by atoms with Crippen LogP contribution in [0.2, 0.25) is 0 Å². The number of benzene rings is 3. The predicted octanol–water partition coefficient (Wildman–Crippen LogP) is 4.41. The molecular weight excluding hydrogens is 225 g/mol. The van der Waals surface area contributed by atoms with Gasteiger partial charge in [-0.1, -0.05) is 24.3 Å². The molecule has 0 aliphatic heterocycles. The highest BCUT2D eigenvalue weighted by Gasteiger charge is 2.09. The summed E-state index contributed by atoms with van der Waals surface area (Å²) in [6, 6.07) is 9.97. The van der Waals surface area contributed by atoms with Crippen molar-refractivity contribution in [3.8, 4) is 0 Å². The molecule has 0 atom stereocenters. The van der Waals surface area contributed by atoms with Crippen LogP contribution in [0.1, 0.15) is 0 Å². The van der Waals surface area contributed by atoms with Gasteiger partial charge in [-0.15, -0.1) is 0 Å². The molecule has 0 unspecified atom stereocenters. The van der Waals surface area contributed by atoms with E-state index in [0.717, 1.165) is 11.5 Å². The van der Waals surface area contributed by atoms with Crippen molar-refractivity contribution < 1.29 is 13.2 Å². The standard InChI is InChI=1S/C14H7F3/c15-9-3-1-8-2-4-11-10(12(8)7-9)5-6-13(16)14(11)17/h1-7H. The molecule has 0 spiro atoms. The average molecular weight is 232 g/mol. The van der Waals surface area contributed by atoms with Crippen LogP contribution in [0.5, 0.6) is 0 Å². The molecule has 0 saturated heterocycles. The molecule has 0 nitrogen and oxygen atoms in total. The first-order chi connectivity index (χ1) is 8.16. The minimum atomic E-state index is -0.895. The van der Waals surface area contributed by atoms with Crippen molar-refractivity contribution in [1.82, 2.24) is 0 Å². The smallest absolute Gasteiger partial charge is 0.166 e. The third-order valence-corrected chi connectivity index (χ3v) is 2.87. The van der Waals surface area contributed by atoms with Gasteiger partial charge in [-0.3, -0.25) is 0 Å². The fraction of sp³-hybridized carbons (Fsp3) is 0. The Morgan fingerprint density at radius 2 is 1.35 bits per heavy atom. The summed E-state index contributed by atoms with van der Waals surface area (Å²) in [6.45, 7) is 0. The molecule has 3 rings (SSSR count). The third kappa shape index (κ3) is 1.46. The van der Waals surface area contributed by atoms with Crippen molar-refractivity contribution in [2.45, 2.75) is 0 Å². The Morgan fingerprint density at radius 1 is 0.647 bits per heavy atom. The van der Waals surface area contributed by atoms with Crippen LogP contribution in [0.15, 0.2) is 42.5 Å². The van der Waals surface area contributed by atoms with Crippen LogP contribution in [0, 0.1) is 17.5 Å². The number of hydrogen-bond acceptors (Lipinski definition) is 0. The van der Waals surface area contributed by atoms with E-state index in [4.69, 9.17) is 0 Å². The second-order valence-electron chi connectivity index (χ2n) is 3.89. The van der Waals surface area contributed by atoms with E-state index < -0.39 is 17.5 Å². The number of rotatable bonds is 0. The van der Waals surface area contributed by atoms with Crippen LogP contribution in [0.3, 0.4) is 0 Å². The van der Waals surface area contributed by atoms with E-state index in [9.17, 15) is 13.2 Å². The average Bonchev–Trinajstić information content (AvgIpc) is 2.33. The zero-order chi connectivity index (χ0) is 12.0. The van der Waals surface area contributed by atoms with Gasteiger partial charge < -0.3 is 0 Å². The first kappa shape index (κ1) is 10.1. The van der Waals surface area contributed by atoms with Gasteiger partial charge in [0, 0.05) is 5.39 Å². The molecule has 3 aromatic carbocycles. The normalized spacial score (nSPS) is 11.2. The molecule has 0 aliphatic rings. The largest absolute Gasteiger partial charge is 0.207 e. The molecule has 17 heavy (non-hydrogen) atoms. The lowest BCUT2D eigenvalue weighted by atomic mass is 10.0. The minimum absolute atomic E-state index is 0.170. The number of fused-ring (bicyclic) bond motifs is 3. The van der Waals surface area contributed by atoms with E-state index in [0.29, 0.717) is 10.8 Å². The van der Waals surface area contributed by atoms with Gasteiger partial charge >= 0.3 is 0 Å². The van der Waals surface area contributed by atoms with Gasteiger partial charge in [0.1, 0.15) is 5.82 Å². The van der Waals surface area contributed by atoms with Crippen LogP contribution < -0.4 is 0 Å². The van der Waals surface area contributed by atoms with E-state index >= 15 is 0 Å². The Bertz CT molecular complexity index is 732. The van der Waals surface area contributed by atoms with Crippen molar-refractivity contribution in [2.24, 2.45) is 0 Å². The molecular formula is C14H7F3. The topological polar surface area (TPSA) is 0 Å². The van der Waals surface area contributed by atoms with Crippen LogP contribution in [-0.2, 0) is 0 Å². The summed E-state index contributed by atoms with van der Waals surface area (Å²) in [4.78, 5) is 0. The van der Waals surface area contributed by atoms with Crippen molar-refractivity contribution in [3.05, 3.63) is 59.9 Å². The molecule has 0 heterocycles. The fourth-order valence-corrected chi connectivity index (χ4v) is 2.04. The molecule has 0 N–H and O–H groups in total. The van der Waals surface area contributed by atoms with Crippen molar-refractivity contribution in [3.63, 3.8) is 0 Å². The van der Waals surface area contributed by atoms with E-state index in [2.05, 4.69) is 0 Å². The summed E-state index contributed by atoms with van der Waals surface area (Å²) in [6.07, 6.45) is 0. The Balaban J connectivity index is 2.56. The summed E-state index contributed by atoms with van der Waals surface area (Å²) >= 11 is 0. The Kier molecular flexibility index (Phi) is 2.08. The van der Waals surface area contributed by atoms with Crippen LogP contribution >= 0.6 is 0 Å². The van der Waals surface area contributed by atoms with Gasteiger partial charge in [-0.05, 0) is 34.4 Å². The van der Waals surface area contributed by atoms with E-state index in [1.807, 2.05) is 0 Å². The first-order valence-corrected chi connectivity index (χ1v) is 5.13.